The molecule has 1 aromatic carbocycles. The predicted molar refractivity (Wildman–Crippen MR) is 98.2 cm³/mol. The summed E-state index contributed by atoms with van der Waals surface area (Å²) in [5, 5.41) is 5.87. The number of hydrogen-bond acceptors (Lipinski definition) is 3. The molecule has 2 rings (SSSR count). The van der Waals surface area contributed by atoms with E-state index < -0.39 is 6.04 Å². The van der Waals surface area contributed by atoms with Crippen LogP contribution in [0, 0.1) is 18.8 Å². The van der Waals surface area contributed by atoms with Crippen LogP contribution in [-0.4, -0.2) is 30.4 Å². The molecule has 24 heavy (non-hydrogen) atoms. The quantitative estimate of drug-likeness (QED) is 0.701. The molecule has 2 amide bonds. The highest BCUT2D eigenvalue weighted by Crippen LogP contribution is 2.32. The van der Waals surface area contributed by atoms with Gasteiger partial charge >= 0.3 is 0 Å². The summed E-state index contributed by atoms with van der Waals surface area (Å²) in [5.74, 6) is 0.126. The minimum atomic E-state index is -0.560. The number of benzene rings is 1. The number of hydrogen-bond donors (Lipinski definition) is 3. The molecule has 0 spiro atoms. The third kappa shape index (κ3) is 5.21. The summed E-state index contributed by atoms with van der Waals surface area (Å²) in [6, 6.07) is 6.82. The van der Waals surface area contributed by atoms with Gasteiger partial charge in [0.05, 0.1) is 0 Å². The van der Waals surface area contributed by atoms with Gasteiger partial charge in [-0.1, -0.05) is 32.0 Å². The molecule has 134 valence electrons. The van der Waals surface area contributed by atoms with Crippen molar-refractivity contribution >= 4 is 24.2 Å². The van der Waals surface area contributed by atoms with E-state index in [1.54, 1.807) is 6.07 Å². The Hall–Kier alpha value is -1.59. The average molecular weight is 354 g/mol. The van der Waals surface area contributed by atoms with Crippen molar-refractivity contribution in [2.24, 2.45) is 17.6 Å². The van der Waals surface area contributed by atoms with Gasteiger partial charge in [-0.25, -0.2) is 0 Å². The van der Waals surface area contributed by atoms with Crippen LogP contribution >= 0.6 is 12.4 Å². The summed E-state index contributed by atoms with van der Waals surface area (Å²) in [4.78, 5) is 25.0. The van der Waals surface area contributed by atoms with E-state index >= 15 is 0 Å². The van der Waals surface area contributed by atoms with E-state index in [4.69, 9.17) is 5.73 Å². The van der Waals surface area contributed by atoms with Crippen LogP contribution < -0.4 is 16.4 Å². The minimum absolute atomic E-state index is 0. The van der Waals surface area contributed by atoms with Gasteiger partial charge in [0.25, 0.3) is 5.91 Å². The molecule has 0 saturated heterocycles. The second-order valence-electron chi connectivity index (χ2n) is 6.70. The van der Waals surface area contributed by atoms with Crippen molar-refractivity contribution in [1.82, 2.24) is 10.6 Å². The number of nitrogens with one attached hydrogen (secondary N) is 2. The number of carbonyl (C=O) groups is 2. The van der Waals surface area contributed by atoms with Crippen LogP contribution in [0.1, 0.15) is 42.6 Å². The summed E-state index contributed by atoms with van der Waals surface area (Å²) < 4.78 is 0. The number of carbonyl (C=O) groups excluding carboxylic acids is 2. The van der Waals surface area contributed by atoms with Crippen LogP contribution in [-0.2, 0) is 4.79 Å². The first kappa shape index (κ1) is 20.5. The van der Waals surface area contributed by atoms with Crippen molar-refractivity contribution in [2.75, 3.05) is 6.54 Å². The molecule has 4 N–H and O–H groups in total. The van der Waals surface area contributed by atoms with Crippen LogP contribution in [0.2, 0.25) is 0 Å². The number of aryl methyl sites for hydroxylation is 1. The molecule has 1 fully saturated rings. The van der Waals surface area contributed by atoms with E-state index in [1.807, 2.05) is 39.0 Å². The van der Waals surface area contributed by atoms with Crippen LogP contribution in [0.3, 0.4) is 0 Å². The Kier molecular flexibility index (Phi) is 7.70. The lowest BCUT2D eigenvalue weighted by molar-refractivity contribution is -0.124. The third-order valence-electron chi connectivity index (χ3n) is 4.40. The van der Waals surface area contributed by atoms with Crippen LogP contribution in [0.15, 0.2) is 24.3 Å². The summed E-state index contributed by atoms with van der Waals surface area (Å²) in [6.45, 7) is 6.18. The van der Waals surface area contributed by atoms with Crippen molar-refractivity contribution in [1.29, 1.82) is 0 Å². The molecule has 5 nitrogen and oxygen atoms in total. The van der Waals surface area contributed by atoms with E-state index in [0.717, 1.165) is 18.4 Å². The molecular weight excluding hydrogens is 326 g/mol. The molecule has 0 bridgehead atoms. The topological polar surface area (TPSA) is 84.2 Å². The molecule has 0 aromatic heterocycles. The van der Waals surface area contributed by atoms with E-state index in [9.17, 15) is 9.59 Å². The van der Waals surface area contributed by atoms with Crippen molar-refractivity contribution in [3.8, 4) is 0 Å². The van der Waals surface area contributed by atoms with Gasteiger partial charge in [-0.3, -0.25) is 9.59 Å². The minimum Gasteiger partial charge on any atom is -0.350 e. The maximum atomic E-state index is 12.6. The molecule has 0 heterocycles. The highest BCUT2D eigenvalue weighted by atomic mass is 35.5. The van der Waals surface area contributed by atoms with Crippen LogP contribution in [0.4, 0.5) is 0 Å². The lowest BCUT2D eigenvalue weighted by Gasteiger charge is -2.25. The molecule has 2 atom stereocenters. The normalized spacial score (nSPS) is 16.0. The number of rotatable bonds is 7. The zero-order chi connectivity index (χ0) is 17.0. The van der Waals surface area contributed by atoms with Gasteiger partial charge in [-0.15, -0.1) is 12.4 Å². The fourth-order valence-corrected chi connectivity index (χ4v) is 2.72. The Morgan fingerprint density at radius 2 is 1.83 bits per heavy atom. The molecule has 1 aliphatic rings. The van der Waals surface area contributed by atoms with E-state index in [-0.39, 0.29) is 36.2 Å². The van der Waals surface area contributed by atoms with Crippen molar-refractivity contribution in [3.63, 3.8) is 0 Å². The average Bonchev–Trinajstić information content (AvgIpc) is 3.34. The molecule has 1 aromatic rings. The third-order valence-corrected chi connectivity index (χ3v) is 4.40. The maximum Gasteiger partial charge on any atom is 0.252 e. The van der Waals surface area contributed by atoms with Crippen LogP contribution in [0.5, 0.6) is 0 Å². The van der Waals surface area contributed by atoms with Gasteiger partial charge in [0.1, 0.15) is 6.04 Å². The van der Waals surface area contributed by atoms with Crippen molar-refractivity contribution in [2.45, 2.75) is 45.7 Å². The zero-order valence-electron chi connectivity index (χ0n) is 14.5. The summed E-state index contributed by atoms with van der Waals surface area (Å²) >= 11 is 0. The van der Waals surface area contributed by atoms with Crippen molar-refractivity contribution < 1.29 is 9.59 Å². The first-order valence-electron chi connectivity index (χ1n) is 8.31. The van der Waals surface area contributed by atoms with Crippen LogP contribution in [0.25, 0.3) is 0 Å². The van der Waals surface area contributed by atoms with Crippen molar-refractivity contribution in [3.05, 3.63) is 35.4 Å². The monoisotopic (exact) mass is 353 g/mol. The standard InChI is InChI=1S/C18H27N3O2.ClH/c1-11(2)16(18(23)20-15(10-19)13-8-9-13)21-17(22)14-7-5-4-6-12(14)3;/h4-7,11,13,15-16H,8-10,19H2,1-3H3,(H,20,23)(H,21,22);1H. The Morgan fingerprint density at radius 1 is 1.21 bits per heavy atom. The summed E-state index contributed by atoms with van der Waals surface area (Å²) in [6.07, 6.45) is 2.23. The number of amides is 2. The lowest BCUT2D eigenvalue weighted by atomic mass is 10.0. The second-order valence-corrected chi connectivity index (χ2v) is 6.70. The predicted octanol–water partition coefficient (Wildman–Crippen LogP) is 2.02. The first-order chi connectivity index (χ1) is 10.9. The van der Waals surface area contributed by atoms with E-state index in [2.05, 4.69) is 10.6 Å². The summed E-state index contributed by atoms with van der Waals surface area (Å²) in [7, 11) is 0. The second kappa shape index (κ2) is 9.04. The van der Waals surface area contributed by atoms with E-state index in [1.165, 1.54) is 0 Å². The molecule has 2 unspecified atom stereocenters. The molecule has 1 aliphatic carbocycles. The van der Waals surface area contributed by atoms with Gasteiger partial charge in [-0.05, 0) is 43.2 Å². The SMILES string of the molecule is Cc1ccccc1C(=O)NC(C(=O)NC(CN)C1CC1)C(C)C.Cl. The molecule has 6 heteroatoms. The van der Waals surface area contributed by atoms with Gasteiger partial charge in [0, 0.05) is 18.2 Å². The highest BCUT2D eigenvalue weighted by molar-refractivity contribution is 5.98. The van der Waals surface area contributed by atoms with Gasteiger partial charge in [-0.2, -0.15) is 0 Å². The van der Waals surface area contributed by atoms with E-state index in [0.29, 0.717) is 18.0 Å². The molecule has 1 saturated carbocycles. The Balaban J connectivity index is 0.00000288. The Bertz CT molecular complexity index is 573. The maximum absolute atomic E-state index is 12.6. The lowest BCUT2D eigenvalue weighted by Crippen LogP contribution is -2.54. The first-order valence-corrected chi connectivity index (χ1v) is 8.31. The number of nitrogens with two attached hydrogens (primary N) is 1. The zero-order valence-corrected chi connectivity index (χ0v) is 15.4. The van der Waals surface area contributed by atoms with Gasteiger partial charge < -0.3 is 16.4 Å². The highest BCUT2D eigenvalue weighted by Gasteiger charge is 2.34. The molecular formula is C18H28ClN3O2. The molecule has 0 radical (unpaired) electrons. The smallest absolute Gasteiger partial charge is 0.252 e. The van der Waals surface area contributed by atoms with Gasteiger partial charge in [0.15, 0.2) is 0 Å². The Labute approximate surface area is 150 Å². The summed E-state index contributed by atoms with van der Waals surface area (Å²) in [5.41, 5.74) is 7.24. The fraction of sp³-hybridized carbons (Fsp3) is 0.556. The fourth-order valence-electron chi connectivity index (χ4n) is 2.72. The van der Waals surface area contributed by atoms with Gasteiger partial charge in [0.2, 0.25) is 5.91 Å². The number of halogens is 1. The molecule has 0 aliphatic heterocycles. The largest absolute Gasteiger partial charge is 0.350 e. The Morgan fingerprint density at radius 3 is 2.33 bits per heavy atom.